The van der Waals surface area contributed by atoms with Crippen LogP contribution in [0.2, 0.25) is 0 Å². The van der Waals surface area contributed by atoms with Gasteiger partial charge in [0.25, 0.3) is 0 Å². The third kappa shape index (κ3) is 2.79. The van der Waals surface area contributed by atoms with Crippen LogP contribution in [0.1, 0.15) is 13.8 Å². The van der Waals surface area contributed by atoms with E-state index in [1.807, 2.05) is 0 Å². The molecule has 0 N–H and O–H groups in total. The second kappa shape index (κ2) is 3.15. The first-order valence-corrected chi connectivity index (χ1v) is 4.07. The van der Waals surface area contributed by atoms with Crippen LogP contribution in [0, 0.1) is 4.61 Å². The Morgan fingerprint density at radius 1 is 1.33 bits per heavy atom. The molecular weight excluding hydrogens is 146 g/mol. The smallest absolute Gasteiger partial charge is 0.189 e. The lowest BCUT2D eigenvalue weighted by atomic mass is 10.7. The van der Waals surface area contributed by atoms with Gasteiger partial charge in [-0.1, -0.05) is 13.8 Å². The van der Waals surface area contributed by atoms with E-state index >= 15 is 0 Å². The Kier molecular flexibility index (Phi) is 3.11. The molecule has 0 fully saturated rings. The number of hydrogen-bond acceptors (Lipinski definition) is 2. The van der Waals surface area contributed by atoms with Crippen LogP contribution in [0.15, 0.2) is 0 Å². The van der Waals surface area contributed by atoms with E-state index in [9.17, 15) is 7.77 Å². The van der Waals surface area contributed by atoms with Gasteiger partial charge in [-0.25, -0.2) is 0 Å². The quantitative estimate of drug-likeness (QED) is 0.613. The Morgan fingerprint density at radius 3 is 1.67 bits per heavy atom. The summed E-state index contributed by atoms with van der Waals surface area (Å²) in [4.78, 5) is 0. The van der Waals surface area contributed by atoms with Crippen molar-refractivity contribution in [3.8, 4) is 0 Å². The van der Waals surface area contributed by atoms with Crippen molar-refractivity contribution in [1.29, 1.82) is 4.61 Å². The fraction of sp³-hybridized carbons (Fsp3) is 1.00. The van der Waals surface area contributed by atoms with Crippen LogP contribution in [0.25, 0.3) is 0 Å². The minimum absolute atomic E-state index is 0.190. The third-order valence-electron chi connectivity index (χ3n) is 1.02. The van der Waals surface area contributed by atoms with E-state index in [0.717, 1.165) is 4.31 Å². The van der Waals surface area contributed by atoms with Crippen molar-refractivity contribution in [3.05, 3.63) is 0 Å². The summed E-state index contributed by atoms with van der Waals surface area (Å²) in [6, 6.07) is 0. The van der Waals surface area contributed by atoms with Gasteiger partial charge in [0, 0.05) is 13.1 Å². The molecule has 9 heavy (non-hydrogen) atoms. The van der Waals surface area contributed by atoms with Crippen molar-refractivity contribution >= 4 is 10.6 Å². The highest BCUT2D eigenvalue weighted by atomic mass is 32.3. The van der Waals surface area contributed by atoms with Crippen LogP contribution in [-0.2, 0) is 0 Å². The zero-order chi connectivity index (χ0) is 7.49. The SMILES string of the molecule is CCN(CC)S(#N)(F)F. The third-order valence-corrected chi connectivity index (χ3v) is 2.15. The standard InChI is InChI=1S/C4H10F2N2S/c1-3-8(4-2)9(5,6)7/h3-4H2,1-2H3. The average Bonchev–Trinajstić information content (AvgIpc) is 1.65. The van der Waals surface area contributed by atoms with Crippen molar-refractivity contribution in [2.75, 3.05) is 13.1 Å². The summed E-state index contributed by atoms with van der Waals surface area (Å²) in [6.07, 6.45) is 0. The molecular formula is C4H10F2N2S. The van der Waals surface area contributed by atoms with Crippen LogP contribution in [0.5, 0.6) is 0 Å². The van der Waals surface area contributed by atoms with Gasteiger partial charge in [0.1, 0.15) is 0 Å². The van der Waals surface area contributed by atoms with Crippen molar-refractivity contribution in [2.45, 2.75) is 13.8 Å². The molecule has 0 heterocycles. The Bertz CT molecular complexity index is 158. The van der Waals surface area contributed by atoms with Crippen molar-refractivity contribution in [2.24, 2.45) is 0 Å². The van der Waals surface area contributed by atoms with Crippen molar-refractivity contribution < 1.29 is 7.77 Å². The fourth-order valence-electron chi connectivity index (χ4n) is 0.534. The van der Waals surface area contributed by atoms with Gasteiger partial charge >= 0.3 is 10.6 Å². The van der Waals surface area contributed by atoms with E-state index in [2.05, 4.69) is 0 Å². The normalized spacial score (nSPS) is 12.4. The number of hydrogen-bond donors (Lipinski definition) is 0. The summed E-state index contributed by atoms with van der Waals surface area (Å²) in [5.74, 6) is 0. The highest BCUT2D eigenvalue weighted by molar-refractivity contribution is 8.10. The predicted octanol–water partition coefficient (Wildman–Crippen LogP) is 2.30. The summed E-state index contributed by atoms with van der Waals surface area (Å²) in [7, 11) is -4.43. The summed E-state index contributed by atoms with van der Waals surface area (Å²) >= 11 is 0. The molecule has 0 aromatic heterocycles. The molecule has 0 aliphatic carbocycles. The maximum atomic E-state index is 12.0. The van der Waals surface area contributed by atoms with Crippen LogP contribution >= 0.6 is 10.6 Å². The van der Waals surface area contributed by atoms with E-state index in [4.69, 9.17) is 4.61 Å². The molecule has 0 rings (SSSR count). The van der Waals surface area contributed by atoms with Crippen LogP contribution in [0.3, 0.4) is 0 Å². The highest BCUT2D eigenvalue weighted by Crippen LogP contribution is 2.38. The minimum Gasteiger partial charge on any atom is -0.189 e. The largest absolute Gasteiger partial charge is 0.302 e. The highest BCUT2D eigenvalue weighted by Gasteiger charge is 2.17. The molecule has 0 aromatic rings. The molecule has 0 saturated carbocycles. The van der Waals surface area contributed by atoms with Gasteiger partial charge in [0.15, 0.2) is 0 Å². The summed E-state index contributed by atoms with van der Waals surface area (Å²) in [5, 5.41) is 0. The van der Waals surface area contributed by atoms with Gasteiger partial charge in [-0.2, -0.15) is 4.31 Å². The molecule has 0 atom stereocenters. The first-order chi connectivity index (χ1) is 4.02. The van der Waals surface area contributed by atoms with E-state index in [1.54, 1.807) is 13.8 Å². The van der Waals surface area contributed by atoms with Gasteiger partial charge in [-0.05, 0) is 0 Å². The average molecular weight is 156 g/mol. The Labute approximate surface area is 55.1 Å². The molecule has 0 aromatic carbocycles. The predicted molar refractivity (Wildman–Crippen MR) is 34.5 cm³/mol. The molecule has 0 spiro atoms. The van der Waals surface area contributed by atoms with Crippen LogP contribution < -0.4 is 0 Å². The maximum Gasteiger partial charge on any atom is 0.302 e. The van der Waals surface area contributed by atoms with E-state index in [0.29, 0.717) is 0 Å². The lowest BCUT2D eigenvalue weighted by molar-refractivity contribution is 0.464. The Hall–Kier alpha value is -0.120. The second-order valence-corrected chi connectivity index (χ2v) is 2.88. The van der Waals surface area contributed by atoms with Crippen molar-refractivity contribution in [1.82, 2.24) is 4.31 Å². The van der Waals surface area contributed by atoms with E-state index < -0.39 is 10.6 Å². The molecule has 56 valence electrons. The Balaban J connectivity index is 4.02. The topological polar surface area (TPSA) is 27.0 Å². The van der Waals surface area contributed by atoms with Gasteiger partial charge in [0.05, 0.1) is 0 Å². The summed E-state index contributed by atoms with van der Waals surface area (Å²) in [5.41, 5.74) is 0. The molecule has 0 unspecified atom stereocenters. The first kappa shape index (κ1) is 8.88. The monoisotopic (exact) mass is 156 g/mol. The van der Waals surface area contributed by atoms with Crippen molar-refractivity contribution in [3.63, 3.8) is 0 Å². The molecule has 2 nitrogen and oxygen atoms in total. The molecule has 0 amide bonds. The zero-order valence-electron chi connectivity index (χ0n) is 5.47. The lowest BCUT2D eigenvalue weighted by Gasteiger charge is -2.15. The molecule has 0 saturated heterocycles. The first-order valence-electron chi connectivity index (χ1n) is 2.72. The van der Waals surface area contributed by atoms with Gasteiger partial charge < -0.3 is 0 Å². The van der Waals surface area contributed by atoms with E-state index in [-0.39, 0.29) is 13.1 Å². The number of halogens is 2. The zero-order valence-corrected chi connectivity index (χ0v) is 6.29. The van der Waals surface area contributed by atoms with Crippen LogP contribution in [0.4, 0.5) is 7.77 Å². The number of nitrogens with zero attached hydrogens (tertiary/aromatic N) is 2. The fourth-order valence-corrected chi connectivity index (χ4v) is 1.16. The Morgan fingerprint density at radius 2 is 1.67 bits per heavy atom. The molecule has 0 aliphatic rings. The molecule has 0 aliphatic heterocycles. The lowest BCUT2D eigenvalue weighted by Crippen LogP contribution is -2.16. The second-order valence-electron chi connectivity index (χ2n) is 1.53. The molecule has 5 heteroatoms. The summed E-state index contributed by atoms with van der Waals surface area (Å²) in [6.45, 7) is 3.55. The maximum absolute atomic E-state index is 12.0. The van der Waals surface area contributed by atoms with Gasteiger partial charge in [-0.15, -0.1) is 12.4 Å². The van der Waals surface area contributed by atoms with E-state index in [1.165, 1.54) is 0 Å². The molecule has 0 radical (unpaired) electrons. The molecule has 0 bridgehead atoms. The van der Waals surface area contributed by atoms with Gasteiger partial charge in [-0.3, -0.25) is 0 Å². The van der Waals surface area contributed by atoms with Gasteiger partial charge in [0.2, 0.25) is 0 Å². The van der Waals surface area contributed by atoms with Crippen LogP contribution in [-0.4, -0.2) is 17.4 Å². The minimum atomic E-state index is -4.43. The summed E-state index contributed by atoms with van der Waals surface area (Å²) < 4.78 is 32.8. The number of rotatable bonds is 2.